The Morgan fingerprint density at radius 2 is 1.85 bits per heavy atom. The summed E-state index contributed by atoms with van der Waals surface area (Å²) in [4.78, 5) is 12.0. The molecule has 0 amide bonds. The zero-order valence-electron chi connectivity index (χ0n) is 14.2. The van der Waals surface area contributed by atoms with E-state index in [1.54, 1.807) is 0 Å². The molecular formula is C16H16ClF5O4. The molecule has 4 atom stereocenters. The number of ether oxygens (including phenoxy) is 3. The van der Waals surface area contributed by atoms with Gasteiger partial charge in [0.1, 0.15) is 0 Å². The summed E-state index contributed by atoms with van der Waals surface area (Å²) >= 11 is 5.65. The molecule has 1 aliphatic rings. The number of hydrogen-bond donors (Lipinski definition) is 0. The van der Waals surface area contributed by atoms with E-state index in [1.165, 1.54) is 6.92 Å². The second-order valence-corrected chi connectivity index (χ2v) is 6.50. The van der Waals surface area contributed by atoms with Crippen molar-refractivity contribution >= 4 is 17.6 Å². The van der Waals surface area contributed by atoms with E-state index in [9.17, 15) is 26.7 Å². The average Bonchev–Trinajstić information content (AvgIpc) is 2.84. The van der Waals surface area contributed by atoms with Gasteiger partial charge in [0.25, 0.3) is 0 Å². The highest BCUT2D eigenvalue weighted by molar-refractivity contribution is 6.30. The number of methoxy groups -OCH3 is 2. The lowest BCUT2D eigenvalue weighted by molar-refractivity contribution is -0.274. The number of halogens is 6. The van der Waals surface area contributed by atoms with Gasteiger partial charge in [0.05, 0.1) is 19.2 Å². The summed E-state index contributed by atoms with van der Waals surface area (Å²) in [6, 6.07) is 0.932. The molecule has 0 bridgehead atoms. The van der Waals surface area contributed by atoms with Crippen molar-refractivity contribution < 1.29 is 41.0 Å². The summed E-state index contributed by atoms with van der Waals surface area (Å²) in [6.07, 6.45) is -6.54. The van der Waals surface area contributed by atoms with Crippen molar-refractivity contribution in [2.75, 3.05) is 14.2 Å². The summed E-state index contributed by atoms with van der Waals surface area (Å²) in [5.74, 6) is -7.30. The van der Waals surface area contributed by atoms with Crippen LogP contribution in [0, 0.1) is 17.6 Å². The second kappa shape index (κ2) is 6.84. The standard InChI is InChI=1S/C16H16ClF5O4/c1-6-9(7-5-8(17)10(18)11(19)12(7)24-3)13(14(23)25-4)26-15(6,2)16(20,21)22/h5-6,9,13H,1-4H3. The van der Waals surface area contributed by atoms with Crippen molar-refractivity contribution in [1.29, 1.82) is 0 Å². The van der Waals surface area contributed by atoms with Gasteiger partial charge in [-0.1, -0.05) is 18.5 Å². The Morgan fingerprint density at radius 3 is 2.31 bits per heavy atom. The molecule has 146 valence electrons. The third-order valence-corrected chi connectivity index (χ3v) is 5.09. The fourth-order valence-corrected chi connectivity index (χ4v) is 3.37. The minimum absolute atomic E-state index is 0.215. The molecule has 26 heavy (non-hydrogen) atoms. The number of rotatable bonds is 3. The van der Waals surface area contributed by atoms with Crippen LogP contribution in [0.2, 0.25) is 5.02 Å². The van der Waals surface area contributed by atoms with Gasteiger partial charge in [-0.25, -0.2) is 9.18 Å². The Balaban J connectivity index is 2.71. The van der Waals surface area contributed by atoms with Crippen LogP contribution in [0.4, 0.5) is 22.0 Å². The van der Waals surface area contributed by atoms with Gasteiger partial charge in [-0.2, -0.15) is 17.6 Å². The number of carbonyl (C=O) groups is 1. The summed E-state index contributed by atoms with van der Waals surface area (Å²) in [6.45, 7) is 1.97. The molecule has 0 saturated carbocycles. The van der Waals surface area contributed by atoms with Crippen molar-refractivity contribution in [2.45, 2.75) is 37.6 Å². The van der Waals surface area contributed by atoms with E-state index in [4.69, 9.17) is 21.1 Å². The van der Waals surface area contributed by atoms with Gasteiger partial charge in [-0.05, 0) is 13.0 Å². The van der Waals surface area contributed by atoms with Gasteiger partial charge in [-0.15, -0.1) is 0 Å². The average molecular weight is 403 g/mol. The summed E-state index contributed by atoms with van der Waals surface area (Å²) in [5, 5.41) is -0.658. The van der Waals surface area contributed by atoms with Crippen LogP contribution in [0.25, 0.3) is 0 Å². The van der Waals surface area contributed by atoms with Gasteiger partial charge in [0, 0.05) is 17.4 Å². The minimum Gasteiger partial charge on any atom is -0.493 e. The summed E-state index contributed by atoms with van der Waals surface area (Å²) in [5.41, 5.74) is -2.94. The number of carbonyl (C=O) groups excluding carboxylic acids is 1. The van der Waals surface area contributed by atoms with Crippen molar-refractivity contribution in [2.24, 2.45) is 5.92 Å². The summed E-state index contributed by atoms with van der Waals surface area (Å²) < 4.78 is 83.0. The first-order chi connectivity index (χ1) is 11.9. The Hall–Kier alpha value is -1.61. The smallest absolute Gasteiger partial charge is 0.417 e. The fraction of sp³-hybridized carbons (Fsp3) is 0.562. The van der Waals surface area contributed by atoms with Crippen LogP contribution in [0.5, 0.6) is 5.75 Å². The normalized spacial score (nSPS) is 28.9. The molecule has 4 unspecified atom stereocenters. The predicted molar refractivity (Wildman–Crippen MR) is 81.2 cm³/mol. The zero-order chi connectivity index (χ0) is 20.0. The predicted octanol–water partition coefficient (Wildman–Crippen LogP) is 4.24. The minimum atomic E-state index is -4.83. The molecule has 0 radical (unpaired) electrons. The topological polar surface area (TPSA) is 44.8 Å². The first-order valence-electron chi connectivity index (χ1n) is 7.44. The lowest BCUT2D eigenvalue weighted by Crippen LogP contribution is -2.47. The van der Waals surface area contributed by atoms with Crippen LogP contribution in [0.1, 0.15) is 25.3 Å². The van der Waals surface area contributed by atoms with Crippen LogP contribution in [0.3, 0.4) is 0 Å². The highest BCUT2D eigenvalue weighted by Crippen LogP contribution is 2.55. The molecule has 1 heterocycles. The van der Waals surface area contributed by atoms with Crippen LogP contribution in [-0.4, -0.2) is 38.1 Å². The molecule has 10 heteroatoms. The van der Waals surface area contributed by atoms with Crippen molar-refractivity contribution in [3.63, 3.8) is 0 Å². The van der Waals surface area contributed by atoms with Gasteiger partial charge < -0.3 is 14.2 Å². The van der Waals surface area contributed by atoms with Crippen molar-refractivity contribution in [1.82, 2.24) is 0 Å². The molecule has 2 rings (SSSR count). The third kappa shape index (κ3) is 3.00. The van der Waals surface area contributed by atoms with Crippen molar-refractivity contribution in [3.8, 4) is 5.75 Å². The summed E-state index contributed by atoms with van der Waals surface area (Å²) in [7, 11) is 2.00. The molecule has 1 aliphatic heterocycles. The molecule has 0 aromatic heterocycles. The zero-order valence-corrected chi connectivity index (χ0v) is 15.0. The van der Waals surface area contributed by atoms with E-state index in [0.29, 0.717) is 0 Å². The van der Waals surface area contributed by atoms with Crippen molar-refractivity contribution in [3.05, 3.63) is 28.3 Å². The van der Waals surface area contributed by atoms with E-state index >= 15 is 0 Å². The van der Waals surface area contributed by atoms with E-state index in [1.807, 2.05) is 0 Å². The maximum Gasteiger partial charge on any atom is 0.417 e. The van der Waals surface area contributed by atoms with E-state index in [-0.39, 0.29) is 5.56 Å². The van der Waals surface area contributed by atoms with Gasteiger partial charge in [-0.3, -0.25) is 0 Å². The molecule has 1 fully saturated rings. The lowest BCUT2D eigenvalue weighted by atomic mass is 9.77. The van der Waals surface area contributed by atoms with Crippen LogP contribution in [0.15, 0.2) is 6.07 Å². The molecule has 1 aromatic rings. The van der Waals surface area contributed by atoms with E-state index < -0.39 is 58.1 Å². The fourth-order valence-electron chi connectivity index (χ4n) is 3.17. The number of benzene rings is 1. The Kier molecular flexibility index (Phi) is 5.45. The van der Waals surface area contributed by atoms with E-state index in [0.717, 1.165) is 27.2 Å². The largest absolute Gasteiger partial charge is 0.493 e. The molecule has 0 aliphatic carbocycles. The highest BCUT2D eigenvalue weighted by atomic mass is 35.5. The second-order valence-electron chi connectivity index (χ2n) is 6.09. The molecule has 1 aromatic carbocycles. The SMILES string of the molecule is COC(=O)C1OC(C)(C(F)(F)F)C(C)C1c1cc(Cl)c(F)c(F)c1OC. The molecular weight excluding hydrogens is 387 g/mol. The van der Waals surface area contributed by atoms with Gasteiger partial charge >= 0.3 is 12.1 Å². The van der Waals surface area contributed by atoms with E-state index in [2.05, 4.69) is 4.74 Å². The number of alkyl halides is 3. The first-order valence-corrected chi connectivity index (χ1v) is 7.82. The molecule has 1 saturated heterocycles. The Labute approximate surface area is 151 Å². The van der Waals surface area contributed by atoms with Crippen LogP contribution < -0.4 is 4.74 Å². The first kappa shape index (κ1) is 20.7. The number of esters is 1. The van der Waals surface area contributed by atoms with Gasteiger partial charge in [0.15, 0.2) is 23.3 Å². The monoisotopic (exact) mass is 402 g/mol. The lowest BCUT2D eigenvalue weighted by Gasteiger charge is -2.32. The maximum absolute atomic E-state index is 14.2. The van der Waals surface area contributed by atoms with Crippen LogP contribution in [-0.2, 0) is 14.3 Å². The Bertz CT molecular complexity index is 724. The molecule has 4 nitrogen and oxygen atoms in total. The number of hydrogen-bond acceptors (Lipinski definition) is 4. The van der Waals surface area contributed by atoms with Crippen LogP contribution >= 0.6 is 11.6 Å². The molecule has 0 spiro atoms. The third-order valence-electron chi connectivity index (χ3n) is 4.81. The maximum atomic E-state index is 14.2. The quantitative estimate of drug-likeness (QED) is 0.431. The molecule has 0 N–H and O–H groups in total. The van der Waals surface area contributed by atoms with Gasteiger partial charge in [0.2, 0.25) is 5.82 Å². The highest BCUT2D eigenvalue weighted by Gasteiger charge is 2.66. The Morgan fingerprint density at radius 1 is 1.27 bits per heavy atom.